The summed E-state index contributed by atoms with van der Waals surface area (Å²) in [6.07, 6.45) is 43.8. The number of esters is 2. The third kappa shape index (κ3) is 38.8. The van der Waals surface area contributed by atoms with Crippen LogP contribution in [0.25, 0.3) is 0 Å². The molecule has 0 fully saturated rings. The Bertz CT molecular complexity index is 761. The fourth-order valence-corrected chi connectivity index (χ4v) is 8.21. The molecule has 0 aliphatic rings. The minimum atomic E-state index is 0.0658. The van der Waals surface area contributed by atoms with Gasteiger partial charge >= 0.3 is 11.9 Å². The Morgan fingerprint density at radius 1 is 0.368 bits per heavy atom. The van der Waals surface area contributed by atoms with Crippen molar-refractivity contribution in [1.82, 2.24) is 4.90 Å². The van der Waals surface area contributed by atoms with E-state index in [2.05, 4.69) is 32.6 Å². The molecule has 0 aromatic heterocycles. The standard InChI is InChI=1S/C51H101NO5/c1-5-9-13-17-21-30-40-48(38-28-15-11-7-3)50(54)56-46-36-25-19-23-32-42-52(44-34-27-35-45-53)43-33-24-20-26-37-47-57-51(55)49(39-29-16-12-8-4)41-31-22-18-14-10-6-2/h48-49,53H,5-47H2,1-4H3. The second-order valence-corrected chi connectivity index (χ2v) is 17.7. The van der Waals surface area contributed by atoms with E-state index in [4.69, 9.17) is 9.47 Å². The smallest absolute Gasteiger partial charge is 0.308 e. The number of rotatable bonds is 47. The highest BCUT2D eigenvalue weighted by atomic mass is 16.5. The van der Waals surface area contributed by atoms with E-state index < -0.39 is 0 Å². The highest BCUT2D eigenvalue weighted by molar-refractivity contribution is 5.72. The molecule has 6 nitrogen and oxygen atoms in total. The first kappa shape index (κ1) is 55.9. The van der Waals surface area contributed by atoms with E-state index in [9.17, 15) is 14.7 Å². The molecule has 0 rings (SSSR count). The summed E-state index contributed by atoms with van der Waals surface area (Å²) < 4.78 is 11.7. The van der Waals surface area contributed by atoms with Gasteiger partial charge in [0, 0.05) is 6.61 Å². The molecule has 6 heteroatoms. The fourth-order valence-electron chi connectivity index (χ4n) is 8.21. The Labute approximate surface area is 356 Å². The van der Waals surface area contributed by atoms with E-state index in [0.717, 1.165) is 116 Å². The monoisotopic (exact) mass is 808 g/mol. The molecule has 0 saturated carbocycles. The summed E-state index contributed by atoms with van der Waals surface area (Å²) in [5, 5.41) is 9.24. The Morgan fingerprint density at radius 2 is 0.632 bits per heavy atom. The van der Waals surface area contributed by atoms with Crippen LogP contribution in [0.3, 0.4) is 0 Å². The molecule has 0 amide bonds. The molecular weight excluding hydrogens is 707 g/mol. The van der Waals surface area contributed by atoms with Crippen molar-refractivity contribution >= 4 is 11.9 Å². The van der Waals surface area contributed by atoms with Crippen molar-refractivity contribution in [3.05, 3.63) is 0 Å². The predicted molar refractivity (Wildman–Crippen MR) is 246 cm³/mol. The molecule has 2 atom stereocenters. The van der Waals surface area contributed by atoms with Crippen LogP contribution in [0.2, 0.25) is 0 Å². The molecule has 57 heavy (non-hydrogen) atoms. The first-order valence-corrected chi connectivity index (χ1v) is 25.7. The number of unbranched alkanes of at least 4 members (excludes halogenated alkanes) is 26. The second kappa shape index (κ2) is 45.9. The zero-order valence-electron chi connectivity index (χ0n) is 39.1. The third-order valence-corrected chi connectivity index (χ3v) is 12.1. The van der Waals surface area contributed by atoms with Gasteiger partial charge in [0.1, 0.15) is 0 Å². The first-order valence-electron chi connectivity index (χ1n) is 25.7. The largest absolute Gasteiger partial charge is 0.465 e. The van der Waals surface area contributed by atoms with Gasteiger partial charge in [0.25, 0.3) is 0 Å². The molecule has 2 unspecified atom stereocenters. The normalized spacial score (nSPS) is 12.7. The van der Waals surface area contributed by atoms with Gasteiger partial charge in [-0.05, 0) is 90.3 Å². The Balaban J connectivity index is 4.34. The van der Waals surface area contributed by atoms with Gasteiger partial charge in [0.2, 0.25) is 0 Å². The zero-order valence-corrected chi connectivity index (χ0v) is 39.1. The van der Waals surface area contributed by atoms with Crippen LogP contribution in [0.4, 0.5) is 0 Å². The van der Waals surface area contributed by atoms with E-state index in [1.165, 1.54) is 141 Å². The average molecular weight is 808 g/mol. The summed E-state index contributed by atoms with van der Waals surface area (Å²) in [7, 11) is 0. The summed E-state index contributed by atoms with van der Waals surface area (Å²) in [4.78, 5) is 28.6. The maximum Gasteiger partial charge on any atom is 0.308 e. The molecule has 0 aromatic carbocycles. The van der Waals surface area contributed by atoms with Gasteiger partial charge in [-0.15, -0.1) is 0 Å². The lowest BCUT2D eigenvalue weighted by molar-refractivity contribution is -0.150. The number of hydrogen-bond acceptors (Lipinski definition) is 6. The number of aliphatic hydroxyl groups excluding tert-OH is 1. The van der Waals surface area contributed by atoms with Crippen LogP contribution in [-0.4, -0.2) is 61.4 Å². The quantitative estimate of drug-likeness (QED) is 0.0487. The van der Waals surface area contributed by atoms with Crippen molar-refractivity contribution in [2.24, 2.45) is 11.8 Å². The second-order valence-electron chi connectivity index (χ2n) is 17.7. The molecule has 0 aromatic rings. The summed E-state index contributed by atoms with van der Waals surface area (Å²) in [6.45, 7) is 13.9. The van der Waals surface area contributed by atoms with Crippen LogP contribution in [0.15, 0.2) is 0 Å². The fraction of sp³-hybridized carbons (Fsp3) is 0.961. The lowest BCUT2D eigenvalue weighted by Crippen LogP contribution is -2.27. The summed E-state index contributed by atoms with van der Waals surface area (Å²) in [5.41, 5.74) is 0. The average Bonchev–Trinajstić information content (AvgIpc) is 3.21. The minimum Gasteiger partial charge on any atom is -0.465 e. The number of hydrogen-bond donors (Lipinski definition) is 1. The van der Waals surface area contributed by atoms with Gasteiger partial charge in [0.15, 0.2) is 0 Å². The predicted octanol–water partition coefficient (Wildman–Crippen LogP) is 15.1. The summed E-state index contributed by atoms with van der Waals surface area (Å²) in [5.74, 6) is 0.332. The van der Waals surface area contributed by atoms with Gasteiger partial charge in [0.05, 0.1) is 25.0 Å². The van der Waals surface area contributed by atoms with Crippen LogP contribution in [0.5, 0.6) is 0 Å². The minimum absolute atomic E-state index is 0.0658. The van der Waals surface area contributed by atoms with Crippen molar-refractivity contribution < 1.29 is 24.2 Å². The topological polar surface area (TPSA) is 76.1 Å². The van der Waals surface area contributed by atoms with E-state index in [-0.39, 0.29) is 23.8 Å². The zero-order chi connectivity index (χ0) is 41.7. The number of ether oxygens (including phenoxy) is 2. The van der Waals surface area contributed by atoms with Crippen LogP contribution >= 0.6 is 0 Å². The van der Waals surface area contributed by atoms with E-state index >= 15 is 0 Å². The molecule has 1 N–H and O–H groups in total. The Morgan fingerprint density at radius 3 is 0.965 bits per heavy atom. The van der Waals surface area contributed by atoms with E-state index in [1.807, 2.05) is 0 Å². The molecule has 0 aliphatic carbocycles. The van der Waals surface area contributed by atoms with Crippen LogP contribution in [0, 0.1) is 11.8 Å². The van der Waals surface area contributed by atoms with E-state index in [1.54, 1.807) is 0 Å². The Hall–Kier alpha value is -1.14. The number of carbonyl (C=O) groups is 2. The molecular formula is C51H101NO5. The lowest BCUT2D eigenvalue weighted by atomic mass is 9.94. The van der Waals surface area contributed by atoms with Crippen molar-refractivity contribution in [2.75, 3.05) is 39.5 Å². The van der Waals surface area contributed by atoms with E-state index in [0.29, 0.717) is 19.8 Å². The highest BCUT2D eigenvalue weighted by Crippen LogP contribution is 2.22. The first-order chi connectivity index (χ1) is 28.0. The Kier molecular flexibility index (Phi) is 45.0. The maximum absolute atomic E-state index is 13.0. The third-order valence-electron chi connectivity index (χ3n) is 12.1. The maximum atomic E-state index is 13.0. The molecule has 0 spiro atoms. The van der Waals surface area contributed by atoms with Crippen LogP contribution in [0.1, 0.15) is 265 Å². The molecule has 0 radical (unpaired) electrons. The number of nitrogens with zero attached hydrogens (tertiary/aromatic N) is 1. The van der Waals surface area contributed by atoms with Crippen LogP contribution < -0.4 is 0 Å². The van der Waals surface area contributed by atoms with Gasteiger partial charge in [-0.3, -0.25) is 9.59 Å². The van der Waals surface area contributed by atoms with Crippen molar-refractivity contribution in [3.63, 3.8) is 0 Å². The van der Waals surface area contributed by atoms with Gasteiger partial charge < -0.3 is 19.5 Å². The molecule has 0 heterocycles. The van der Waals surface area contributed by atoms with Gasteiger partial charge in [-0.1, -0.05) is 195 Å². The summed E-state index contributed by atoms with van der Waals surface area (Å²) in [6, 6.07) is 0. The molecule has 340 valence electrons. The number of aliphatic hydroxyl groups is 1. The van der Waals surface area contributed by atoms with Gasteiger partial charge in [-0.25, -0.2) is 0 Å². The SMILES string of the molecule is CCCCCCCCC(CCCCCC)C(=O)OCCCCCCCN(CCCCCO)CCCCCCCOC(=O)C(CCCCCC)CCCCCCCC. The molecule has 0 saturated heterocycles. The van der Waals surface area contributed by atoms with Gasteiger partial charge in [-0.2, -0.15) is 0 Å². The van der Waals surface area contributed by atoms with Crippen molar-refractivity contribution in [3.8, 4) is 0 Å². The van der Waals surface area contributed by atoms with Crippen LogP contribution in [-0.2, 0) is 19.1 Å². The van der Waals surface area contributed by atoms with Crippen molar-refractivity contribution in [2.45, 2.75) is 265 Å². The lowest BCUT2D eigenvalue weighted by Gasteiger charge is -2.22. The molecule has 0 aliphatic heterocycles. The summed E-state index contributed by atoms with van der Waals surface area (Å²) >= 11 is 0. The number of carbonyl (C=O) groups excluding carboxylic acids is 2. The van der Waals surface area contributed by atoms with Crippen molar-refractivity contribution in [1.29, 1.82) is 0 Å². The molecule has 0 bridgehead atoms. The highest BCUT2D eigenvalue weighted by Gasteiger charge is 2.20.